The molecule has 4 heteroatoms. The zero-order valence-corrected chi connectivity index (χ0v) is 15.2. The van der Waals surface area contributed by atoms with Crippen molar-refractivity contribution in [3.8, 4) is 0 Å². The number of rotatable bonds is 2. The average molecular weight is 356 g/mol. The summed E-state index contributed by atoms with van der Waals surface area (Å²) in [5.41, 5.74) is -2.92. The summed E-state index contributed by atoms with van der Waals surface area (Å²) in [5, 5.41) is 31.2. The lowest BCUT2D eigenvalue weighted by molar-refractivity contribution is -0.174. The third-order valence-corrected chi connectivity index (χ3v) is 8.57. The minimum atomic E-state index is -2.80. The van der Waals surface area contributed by atoms with Gasteiger partial charge < -0.3 is 15.3 Å². The summed E-state index contributed by atoms with van der Waals surface area (Å²) < 4.78 is 41.9. The lowest BCUT2D eigenvalue weighted by Crippen LogP contribution is -2.59. The van der Waals surface area contributed by atoms with Gasteiger partial charge >= 0.3 is 0 Å². The maximum absolute atomic E-state index is 12.4. The second kappa shape index (κ2) is 5.77. The van der Waals surface area contributed by atoms with Crippen molar-refractivity contribution in [3.05, 3.63) is 0 Å². The molecule has 8 atom stereocenters. The number of carbonyl (C=O) groups is 1. The third-order valence-electron chi connectivity index (χ3n) is 8.57. The minimum absolute atomic E-state index is 0.00199. The van der Waals surface area contributed by atoms with Crippen LogP contribution in [0.15, 0.2) is 0 Å². The Bertz CT molecular complexity index is 758. The molecule has 0 heterocycles. The lowest BCUT2D eigenvalue weighted by atomic mass is 9.44. The van der Waals surface area contributed by atoms with E-state index in [2.05, 4.69) is 0 Å². The van der Waals surface area contributed by atoms with Crippen LogP contribution in [0.5, 0.6) is 0 Å². The molecule has 0 spiro atoms. The first-order valence-corrected chi connectivity index (χ1v) is 9.69. The lowest BCUT2D eigenvalue weighted by Gasteiger charge is -2.61. The summed E-state index contributed by atoms with van der Waals surface area (Å²) in [6.45, 7) is 3.17. The summed E-state index contributed by atoms with van der Waals surface area (Å²) in [6.07, 6.45) is -4.36. The van der Waals surface area contributed by atoms with E-state index in [0.717, 1.165) is 0 Å². The number of ketones is 1. The standard InChI is InChI=1S/C21H34O4/c1-19-8-5-14(23)11-13(19)3-4-15-16(19)6-9-20(2)17(15)7-10-21(20,25)18(24)12-22/h13-17,22-23,25H,3-12H2,1-2H3/t13-,14-,15-,16+,17+,19+,20+,21+/m1/s1/i5D2,11D2,14D. The molecule has 4 fully saturated rings. The van der Waals surface area contributed by atoms with E-state index in [-0.39, 0.29) is 24.2 Å². The first-order valence-electron chi connectivity index (χ1n) is 12.2. The van der Waals surface area contributed by atoms with Crippen LogP contribution in [0.25, 0.3) is 0 Å². The molecule has 0 aliphatic heterocycles. The fourth-order valence-electron chi connectivity index (χ4n) is 7.04. The van der Waals surface area contributed by atoms with Crippen molar-refractivity contribution in [2.24, 2.45) is 34.5 Å². The molecule has 142 valence electrons. The Labute approximate surface area is 158 Å². The van der Waals surface area contributed by atoms with Gasteiger partial charge in [0.25, 0.3) is 0 Å². The highest BCUT2D eigenvalue weighted by Crippen LogP contribution is 2.68. The van der Waals surface area contributed by atoms with Gasteiger partial charge in [0.05, 0.1) is 7.45 Å². The first-order chi connectivity index (χ1) is 13.6. The predicted molar refractivity (Wildman–Crippen MR) is 94.8 cm³/mol. The van der Waals surface area contributed by atoms with Gasteiger partial charge in [-0.25, -0.2) is 0 Å². The molecule has 4 rings (SSSR count). The van der Waals surface area contributed by atoms with Gasteiger partial charge in [-0.3, -0.25) is 4.79 Å². The normalized spacial score (nSPS) is 65.1. The van der Waals surface area contributed by atoms with Gasteiger partial charge in [0.2, 0.25) is 0 Å². The van der Waals surface area contributed by atoms with Gasteiger partial charge in [-0.05, 0) is 86.8 Å². The second-order valence-corrected chi connectivity index (χ2v) is 9.30. The summed E-state index contributed by atoms with van der Waals surface area (Å²) in [5.74, 6) is -0.990. The Kier molecular flexibility index (Phi) is 2.97. The fourth-order valence-corrected chi connectivity index (χ4v) is 7.04. The van der Waals surface area contributed by atoms with Crippen LogP contribution in [0.2, 0.25) is 0 Å². The van der Waals surface area contributed by atoms with Crippen molar-refractivity contribution in [1.82, 2.24) is 0 Å². The molecule has 0 bridgehead atoms. The number of hydrogen-bond acceptors (Lipinski definition) is 4. The van der Waals surface area contributed by atoms with Gasteiger partial charge in [0.15, 0.2) is 5.78 Å². The highest BCUT2D eigenvalue weighted by molar-refractivity contribution is 5.89. The highest BCUT2D eigenvalue weighted by Gasteiger charge is 2.66. The van der Waals surface area contributed by atoms with Crippen molar-refractivity contribution in [2.75, 3.05) is 6.61 Å². The molecule has 4 saturated carbocycles. The summed E-state index contributed by atoms with van der Waals surface area (Å²) in [6, 6.07) is 0. The molecule has 0 aromatic carbocycles. The van der Waals surface area contributed by atoms with Crippen molar-refractivity contribution < 1.29 is 27.0 Å². The van der Waals surface area contributed by atoms with E-state index in [4.69, 9.17) is 6.85 Å². The molecule has 0 unspecified atom stereocenters. The SMILES string of the molecule is [2H]C1([2H])C[C@@]2(C)[C@H](CC[C@@H]3[C@@H]2CC[C@@]2(C)[C@H]3CC[C@]2(O)C(=O)CO)C([2H])([2H])[C@]1([2H])O. The van der Waals surface area contributed by atoms with E-state index >= 15 is 0 Å². The van der Waals surface area contributed by atoms with E-state index < -0.39 is 53.6 Å². The van der Waals surface area contributed by atoms with Gasteiger partial charge in [-0.1, -0.05) is 13.8 Å². The van der Waals surface area contributed by atoms with Crippen LogP contribution in [0, 0.1) is 34.5 Å². The molecular weight excluding hydrogens is 316 g/mol. The third kappa shape index (κ3) is 2.26. The van der Waals surface area contributed by atoms with Gasteiger partial charge in [-0.15, -0.1) is 0 Å². The van der Waals surface area contributed by atoms with Gasteiger partial charge in [0, 0.05) is 10.9 Å². The first kappa shape index (κ1) is 12.9. The molecule has 0 aromatic rings. The van der Waals surface area contributed by atoms with E-state index in [1.54, 1.807) is 0 Å². The number of carbonyl (C=O) groups excluding carboxylic acids is 1. The predicted octanol–water partition coefficient (Wildman–Crippen LogP) is 2.68. The highest BCUT2D eigenvalue weighted by atomic mass is 16.3. The molecule has 25 heavy (non-hydrogen) atoms. The van der Waals surface area contributed by atoms with Crippen molar-refractivity contribution in [3.63, 3.8) is 0 Å². The zero-order valence-electron chi connectivity index (χ0n) is 20.2. The molecule has 0 aromatic heterocycles. The largest absolute Gasteiger partial charge is 0.393 e. The van der Waals surface area contributed by atoms with Crippen LogP contribution >= 0.6 is 0 Å². The van der Waals surface area contributed by atoms with Crippen molar-refractivity contribution >= 4 is 5.78 Å². The Morgan fingerprint density at radius 1 is 1.16 bits per heavy atom. The summed E-state index contributed by atoms with van der Waals surface area (Å²) in [4.78, 5) is 12.4. The smallest absolute Gasteiger partial charge is 0.190 e. The molecule has 4 aliphatic carbocycles. The molecular formula is C21H34O4. The van der Waals surface area contributed by atoms with E-state index in [0.29, 0.717) is 38.5 Å². The maximum Gasteiger partial charge on any atom is 0.190 e. The Hall–Kier alpha value is -0.450. The second-order valence-electron chi connectivity index (χ2n) is 9.30. The monoisotopic (exact) mass is 355 g/mol. The number of Topliss-reactive ketones (excluding diaryl/α,β-unsaturated/α-hetero) is 1. The Balaban J connectivity index is 1.72. The molecule has 0 saturated heterocycles. The average Bonchev–Trinajstić information content (AvgIpc) is 2.91. The fraction of sp³-hybridized carbons (Fsp3) is 0.952. The van der Waals surface area contributed by atoms with Gasteiger partial charge in [-0.2, -0.15) is 0 Å². The van der Waals surface area contributed by atoms with Crippen molar-refractivity contribution in [2.45, 2.75) is 83.2 Å². The van der Waals surface area contributed by atoms with Crippen LogP contribution in [0.3, 0.4) is 0 Å². The Morgan fingerprint density at radius 2 is 1.88 bits per heavy atom. The molecule has 4 aliphatic rings. The molecule has 3 N–H and O–H groups in total. The summed E-state index contributed by atoms with van der Waals surface area (Å²) >= 11 is 0. The van der Waals surface area contributed by atoms with Crippen molar-refractivity contribution in [1.29, 1.82) is 0 Å². The number of hydrogen-bond donors (Lipinski definition) is 3. The van der Waals surface area contributed by atoms with E-state index in [1.165, 1.54) is 0 Å². The molecule has 0 radical (unpaired) electrons. The topological polar surface area (TPSA) is 77.8 Å². The Morgan fingerprint density at radius 3 is 2.60 bits per heavy atom. The van der Waals surface area contributed by atoms with Gasteiger partial charge in [0.1, 0.15) is 12.2 Å². The van der Waals surface area contributed by atoms with E-state index in [9.17, 15) is 20.1 Å². The number of fused-ring (bicyclic) bond motifs is 5. The van der Waals surface area contributed by atoms with E-state index in [1.807, 2.05) is 13.8 Å². The molecule has 4 nitrogen and oxygen atoms in total. The summed E-state index contributed by atoms with van der Waals surface area (Å²) in [7, 11) is 0. The maximum atomic E-state index is 12.4. The van der Waals surface area contributed by atoms with Crippen LogP contribution in [-0.4, -0.2) is 39.4 Å². The van der Waals surface area contributed by atoms with Crippen LogP contribution < -0.4 is 0 Å². The number of aliphatic hydroxyl groups is 3. The quantitative estimate of drug-likeness (QED) is 0.712. The van der Waals surface area contributed by atoms with Crippen LogP contribution in [0.1, 0.15) is 78.4 Å². The van der Waals surface area contributed by atoms with Crippen LogP contribution in [-0.2, 0) is 4.79 Å². The molecule has 0 amide bonds. The minimum Gasteiger partial charge on any atom is -0.393 e. The van der Waals surface area contributed by atoms with Crippen LogP contribution in [0.4, 0.5) is 0 Å². The number of aliphatic hydroxyl groups excluding tert-OH is 1. The zero-order chi connectivity index (χ0) is 22.5.